The summed E-state index contributed by atoms with van der Waals surface area (Å²) in [5.41, 5.74) is 0.447. The first-order chi connectivity index (χ1) is 6.75. The Kier molecular flexibility index (Phi) is 2.49. The summed E-state index contributed by atoms with van der Waals surface area (Å²) in [6, 6.07) is 0. The molecule has 1 N–H and O–H groups in total. The lowest BCUT2D eigenvalue weighted by atomic mass is 10.2. The zero-order valence-electron chi connectivity index (χ0n) is 7.60. The van der Waals surface area contributed by atoms with Gasteiger partial charge in [0.05, 0.1) is 12.1 Å². The molecule has 1 aliphatic heterocycles. The van der Waals surface area contributed by atoms with Gasteiger partial charge in [-0.2, -0.15) is 0 Å². The largest absolute Gasteiger partial charge is 0.481 e. The van der Waals surface area contributed by atoms with Crippen molar-refractivity contribution < 1.29 is 19.1 Å². The molecule has 2 rings (SSSR count). The molecule has 0 aromatic carbocycles. The zero-order valence-corrected chi connectivity index (χ0v) is 7.60. The second-order valence-corrected chi connectivity index (χ2v) is 3.25. The Morgan fingerprint density at radius 1 is 1.71 bits per heavy atom. The van der Waals surface area contributed by atoms with E-state index in [0.717, 1.165) is 19.4 Å². The predicted molar refractivity (Wildman–Crippen MR) is 45.8 cm³/mol. The Labute approximate surface area is 80.7 Å². The average Bonchev–Trinajstić information content (AvgIpc) is 2.69. The Morgan fingerprint density at radius 3 is 3.21 bits per heavy atom. The fraction of sp³-hybridized carbons (Fsp3) is 0.556. The van der Waals surface area contributed by atoms with Gasteiger partial charge in [0.15, 0.2) is 0 Å². The lowest BCUT2D eigenvalue weighted by molar-refractivity contribution is -0.136. The standard InChI is InChI=1S/C9H11NO4/c11-8(12)4-6-5-14-9(10-6)7-2-1-3-13-7/h5,7H,1-4H2,(H,11,12). The van der Waals surface area contributed by atoms with E-state index in [9.17, 15) is 4.79 Å². The van der Waals surface area contributed by atoms with Gasteiger partial charge < -0.3 is 14.3 Å². The molecule has 1 saturated heterocycles. The van der Waals surface area contributed by atoms with Crippen LogP contribution in [0.5, 0.6) is 0 Å². The minimum Gasteiger partial charge on any atom is -0.481 e. The minimum atomic E-state index is -0.905. The number of oxazole rings is 1. The second kappa shape index (κ2) is 3.79. The van der Waals surface area contributed by atoms with E-state index in [2.05, 4.69) is 4.98 Å². The first-order valence-electron chi connectivity index (χ1n) is 4.53. The van der Waals surface area contributed by atoms with Gasteiger partial charge in [0.1, 0.15) is 12.4 Å². The summed E-state index contributed by atoms with van der Waals surface area (Å²) in [5, 5.41) is 8.53. The maximum absolute atomic E-state index is 10.4. The monoisotopic (exact) mass is 197 g/mol. The van der Waals surface area contributed by atoms with Crippen molar-refractivity contribution in [2.75, 3.05) is 6.61 Å². The number of carboxylic acids is 1. The molecule has 1 atom stereocenters. The molecule has 5 heteroatoms. The van der Waals surface area contributed by atoms with Crippen LogP contribution in [0.3, 0.4) is 0 Å². The van der Waals surface area contributed by atoms with Crippen LogP contribution >= 0.6 is 0 Å². The van der Waals surface area contributed by atoms with E-state index in [0.29, 0.717) is 11.6 Å². The van der Waals surface area contributed by atoms with Crippen molar-refractivity contribution in [2.45, 2.75) is 25.4 Å². The Hall–Kier alpha value is -1.36. The van der Waals surface area contributed by atoms with Crippen LogP contribution in [-0.2, 0) is 16.0 Å². The topological polar surface area (TPSA) is 72.6 Å². The zero-order chi connectivity index (χ0) is 9.97. The molecule has 0 spiro atoms. The van der Waals surface area contributed by atoms with Crippen LogP contribution in [0.15, 0.2) is 10.7 Å². The Morgan fingerprint density at radius 2 is 2.57 bits per heavy atom. The van der Waals surface area contributed by atoms with Crippen molar-refractivity contribution in [1.82, 2.24) is 4.98 Å². The predicted octanol–water partition coefficient (Wildman–Crippen LogP) is 1.15. The molecule has 2 heterocycles. The van der Waals surface area contributed by atoms with Crippen molar-refractivity contribution in [3.63, 3.8) is 0 Å². The van der Waals surface area contributed by atoms with Crippen molar-refractivity contribution in [1.29, 1.82) is 0 Å². The molecule has 1 aromatic rings. The summed E-state index contributed by atoms with van der Waals surface area (Å²) in [5.74, 6) is -0.407. The quantitative estimate of drug-likeness (QED) is 0.786. The Balaban J connectivity index is 2.05. The number of aliphatic carboxylic acids is 1. The van der Waals surface area contributed by atoms with Gasteiger partial charge in [0, 0.05) is 6.61 Å². The van der Waals surface area contributed by atoms with Crippen LogP contribution < -0.4 is 0 Å². The summed E-state index contributed by atoms with van der Waals surface area (Å²) in [7, 11) is 0. The van der Waals surface area contributed by atoms with E-state index in [1.54, 1.807) is 0 Å². The number of rotatable bonds is 3. The molecular formula is C9H11NO4. The maximum Gasteiger partial charge on any atom is 0.309 e. The summed E-state index contributed by atoms with van der Waals surface area (Å²) < 4.78 is 10.5. The van der Waals surface area contributed by atoms with E-state index in [1.165, 1.54) is 6.26 Å². The van der Waals surface area contributed by atoms with Crippen molar-refractivity contribution >= 4 is 5.97 Å². The highest BCUT2D eigenvalue weighted by Crippen LogP contribution is 2.27. The molecule has 0 radical (unpaired) electrons. The molecule has 0 aliphatic carbocycles. The first-order valence-corrected chi connectivity index (χ1v) is 4.53. The molecule has 1 aliphatic rings. The van der Waals surface area contributed by atoms with Crippen LogP contribution in [0.1, 0.15) is 30.5 Å². The highest BCUT2D eigenvalue weighted by Gasteiger charge is 2.22. The molecule has 5 nitrogen and oxygen atoms in total. The van der Waals surface area contributed by atoms with E-state index in [4.69, 9.17) is 14.3 Å². The van der Waals surface area contributed by atoms with Crippen LogP contribution in [-0.4, -0.2) is 22.7 Å². The van der Waals surface area contributed by atoms with E-state index in [-0.39, 0.29) is 12.5 Å². The number of ether oxygens (including phenoxy) is 1. The smallest absolute Gasteiger partial charge is 0.309 e. The molecule has 1 fully saturated rings. The number of carbonyl (C=O) groups is 1. The van der Waals surface area contributed by atoms with Crippen molar-refractivity contribution in [3.05, 3.63) is 17.8 Å². The van der Waals surface area contributed by atoms with E-state index in [1.807, 2.05) is 0 Å². The van der Waals surface area contributed by atoms with E-state index >= 15 is 0 Å². The van der Waals surface area contributed by atoms with Gasteiger partial charge in [0.25, 0.3) is 0 Å². The van der Waals surface area contributed by atoms with Crippen molar-refractivity contribution in [3.8, 4) is 0 Å². The summed E-state index contributed by atoms with van der Waals surface area (Å²) in [6.45, 7) is 0.724. The summed E-state index contributed by atoms with van der Waals surface area (Å²) in [4.78, 5) is 14.4. The van der Waals surface area contributed by atoms with E-state index < -0.39 is 5.97 Å². The van der Waals surface area contributed by atoms with Crippen LogP contribution in [0.25, 0.3) is 0 Å². The third-order valence-electron chi connectivity index (χ3n) is 2.11. The van der Waals surface area contributed by atoms with Crippen LogP contribution in [0.2, 0.25) is 0 Å². The molecule has 0 saturated carbocycles. The number of hydrogen-bond acceptors (Lipinski definition) is 4. The number of carboxylic acid groups (broad SMARTS) is 1. The van der Waals surface area contributed by atoms with Gasteiger partial charge in [-0.15, -0.1) is 0 Å². The first kappa shape index (κ1) is 9.21. The highest BCUT2D eigenvalue weighted by molar-refractivity contribution is 5.69. The van der Waals surface area contributed by atoms with Gasteiger partial charge in [-0.05, 0) is 12.8 Å². The highest BCUT2D eigenvalue weighted by atomic mass is 16.5. The lowest BCUT2D eigenvalue weighted by Crippen LogP contribution is -2.01. The summed E-state index contributed by atoms with van der Waals surface area (Å²) in [6.07, 6.45) is 3.09. The third-order valence-corrected chi connectivity index (χ3v) is 2.11. The minimum absolute atomic E-state index is 0.0856. The van der Waals surface area contributed by atoms with Crippen LogP contribution in [0.4, 0.5) is 0 Å². The Bertz CT molecular complexity index is 327. The second-order valence-electron chi connectivity index (χ2n) is 3.25. The normalized spacial score (nSPS) is 21.3. The number of aromatic nitrogens is 1. The molecular weight excluding hydrogens is 186 g/mol. The molecule has 1 unspecified atom stereocenters. The van der Waals surface area contributed by atoms with Gasteiger partial charge in [-0.3, -0.25) is 4.79 Å². The molecule has 76 valence electrons. The summed E-state index contributed by atoms with van der Waals surface area (Å²) >= 11 is 0. The lowest BCUT2D eigenvalue weighted by Gasteiger charge is -2.01. The molecule has 1 aromatic heterocycles. The maximum atomic E-state index is 10.4. The van der Waals surface area contributed by atoms with Crippen molar-refractivity contribution in [2.24, 2.45) is 0 Å². The average molecular weight is 197 g/mol. The molecule has 14 heavy (non-hydrogen) atoms. The SMILES string of the molecule is O=C(O)Cc1coc(C2CCCO2)n1. The fourth-order valence-electron chi connectivity index (χ4n) is 1.48. The molecule has 0 amide bonds. The third kappa shape index (κ3) is 1.93. The number of nitrogens with zero attached hydrogens (tertiary/aromatic N) is 1. The van der Waals surface area contributed by atoms with Gasteiger partial charge in [-0.25, -0.2) is 4.98 Å². The van der Waals surface area contributed by atoms with Gasteiger partial charge >= 0.3 is 5.97 Å². The van der Waals surface area contributed by atoms with Gasteiger partial charge in [-0.1, -0.05) is 0 Å². The number of hydrogen-bond donors (Lipinski definition) is 1. The molecule has 0 bridgehead atoms. The van der Waals surface area contributed by atoms with Crippen LogP contribution in [0, 0.1) is 0 Å². The fourth-order valence-corrected chi connectivity index (χ4v) is 1.48. The van der Waals surface area contributed by atoms with Gasteiger partial charge in [0.2, 0.25) is 5.89 Å².